The summed E-state index contributed by atoms with van der Waals surface area (Å²) in [6.07, 6.45) is 16.0. The lowest BCUT2D eigenvalue weighted by atomic mass is 9.41. The third-order valence-electron chi connectivity index (χ3n) is 11.6. The summed E-state index contributed by atoms with van der Waals surface area (Å²) in [6.45, 7) is 5.48. The zero-order chi connectivity index (χ0) is 22.5. The van der Waals surface area contributed by atoms with Gasteiger partial charge in [-0.15, -0.1) is 0 Å². The number of benzene rings is 2. The fraction of sp³-hybridized carbons (Fsp3) is 0.636. The summed E-state index contributed by atoms with van der Waals surface area (Å²) in [5, 5.41) is 0. The molecule has 4 fully saturated rings. The van der Waals surface area contributed by atoms with E-state index in [1.165, 1.54) is 76.2 Å². The van der Waals surface area contributed by atoms with Gasteiger partial charge in [0.05, 0.1) is 0 Å². The molecule has 0 amide bonds. The third-order valence-corrected chi connectivity index (χ3v) is 11.6. The van der Waals surface area contributed by atoms with Crippen molar-refractivity contribution < 1.29 is 0 Å². The first-order chi connectivity index (χ1) is 16.1. The summed E-state index contributed by atoms with van der Waals surface area (Å²) in [7, 11) is 0. The summed E-state index contributed by atoms with van der Waals surface area (Å²) in [5.41, 5.74) is 4.29. The number of aryl methyl sites for hydroxylation is 1. The average Bonchev–Trinajstić information content (AvgIpc) is 3.19. The molecule has 0 heterocycles. The minimum atomic E-state index is 0.522. The highest BCUT2D eigenvalue weighted by Gasteiger charge is 2.62. The number of hydrogen-bond acceptors (Lipinski definition) is 0. The normalized spacial score (nSPS) is 42.2. The second kappa shape index (κ2) is 8.58. The average molecular weight is 441 g/mol. The highest BCUT2D eigenvalue weighted by molar-refractivity contribution is 5.26. The van der Waals surface area contributed by atoms with E-state index in [1.54, 1.807) is 5.56 Å². The van der Waals surface area contributed by atoms with Crippen LogP contribution < -0.4 is 0 Å². The van der Waals surface area contributed by atoms with Crippen molar-refractivity contribution in [1.82, 2.24) is 0 Å². The molecule has 0 bridgehead atoms. The van der Waals surface area contributed by atoms with Gasteiger partial charge in [-0.2, -0.15) is 0 Å². The largest absolute Gasteiger partial charge is 0.0622 e. The lowest BCUT2D eigenvalue weighted by Gasteiger charge is -2.63. The summed E-state index contributed by atoms with van der Waals surface area (Å²) in [4.78, 5) is 0. The Morgan fingerprint density at radius 1 is 0.758 bits per heavy atom. The zero-order valence-corrected chi connectivity index (χ0v) is 21.0. The smallest absolute Gasteiger partial charge is 0.0120 e. The standard InChI is InChI=1S/C33H44/c1-32-22-10-9-15-26(32)18-20-28-30-21-19-27(17-16-24-11-5-3-6-12-24)33(30,2)23-29(31(28)32)25-13-7-4-8-14-25/h3-8,11-14,26-31H,9-10,15-23H2,1-2H3/t26-,27+,28-,29?,30-,31-,32-,33+/m0/s1. The van der Waals surface area contributed by atoms with Crippen LogP contribution in [-0.4, -0.2) is 0 Å². The maximum Gasteiger partial charge on any atom is -0.0120 e. The van der Waals surface area contributed by atoms with Gasteiger partial charge < -0.3 is 0 Å². The van der Waals surface area contributed by atoms with Gasteiger partial charge in [0, 0.05) is 0 Å². The van der Waals surface area contributed by atoms with Crippen molar-refractivity contribution in [2.75, 3.05) is 0 Å². The first-order valence-corrected chi connectivity index (χ1v) is 14.2. The Bertz CT molecular complexity index is 931. The topological polar surface area (TPSA) is 0 Å². The van der Waals surface area contributed by atoms with E-state index < -0.39 is 0 Å². The predicted octanol–water partition coefficient (Wildman–Crippen LogP) is 9.06. The molecular weight excluding hydrogens is 396 g/mol. The second-order valence-corrected chi connectivity index (χ2v) is 12.8. The van der Waals surface area contributed by atoms with Crippen LogP contribution in [-0.2, 0) is 6.42 Å². The molecule has 6 rings (SSSR count). The maximum absolute atomic E-state index is 2.74. The Balaban J connectivity index is 1.34. The Kier molecular flexibility index (Phi) is 5.71. The van der Waals surface area contributed by atoms with E-state index in [9.17, 15) is 0 Å². The summed E-state index contributed by atoms with van der Waals surface area (Å²) >= 11 is 0. The fourth-order valence-electron chi connectivity index (χ4n) is 10.1. The maximum atomic E-state index is 2.74. The molecule has 0 N–H and O–H groups in total. The van der Waals surface area contributed by atoms with E-state index in [0.29, 0.717) is 10.8 Å². The van der Waals surface area contributed by atoms with E-state index in [1.807, 2.05) is 0 Å². The number of fused-ring (bicyclic) bond motifs is 5. The molecule has 0 radical (unpaired) electrons. The Morgan fingerprint density at radius 2 is 1.52 bits per heavy atom. The number of hydrogen-bond donors (Lipinski definition) is 0. The van der Waals surface area contributed by atoms with Gasteiger partial charge in [0.2, 0.25) is 0 Å². The highest BCUT2D eigenvalue weighted by atomic mass is 14.7. The molecule has 0 spiro atoms. The molecule has 2 aromatic rings. The minimum absolute atomic E-state index is 0.522. The number of rotatable bonds is 4. The molecule has 0 aromatic heterocycles. The molecule has 0 nitrogen and oxygen atoms in total. The van der Waals surface area contributed by atoms with E-state index in [-0.39, 0.29) is 0 Å². The quantitative estimate of drug-likeness (QED) is 0.445. The van der Waals surface area contributed by atoms with Crippen LogP contribution >= 0.6 is 0 Å². The van der Waals surface area contributed by atoms with E-state index in [0.717, 1.165) is 35.5 Å². The van der Waals surface area contributed by atoms with Crippen molar-refractivity contribution in [3.8, 4) is 0 Å². The van der Waals surface area contributed by atoms with Gasteiger partial charge in [0.1, 0.15) is 0 Å². The molecule has 4 saturated carbocycles. The Hall–Kier alpha value is -1.56. The minimum Gasteiger partial charge on any atom is -0.0622 e. The van der Waals surface area contributed by atoms with Crippen LogP contribution in [0.2, 0.25) is 0 Å². The van der Waals surface area contributed by atoms with Crippen molar-refractivity contribution in [3.05, 3.63) is 71.8 Å². The first-order valence-electron chi connectivity index (χ1n) is 14.2. The second-order valence-electron chi connectivity index (χ2n) is 12.8. The van der Waals surface area contributed by atoms with E-state index in [2.05, 4.69) is 74.5 Å². The van der Waals surface area contributed by atoms with Crippen molar-refractivity contribution >= 4 is 0 Å². The van der Waals surface area contributed by atoms with Gasteiger partial charge in [0.15, 0.2) is 0 Å². The SMILES string of the molecule is C[C@]12CCCC[C@H]1CC[C@@H]1[C@H]2C(c2ccccc2)C[C@]2(C)[C@H](CCc3ccccc3)CC[C@@H]12. The van der Waals surface area contributed by atoms with Gasteiger partial charge in [0.25, 0.3) is 0 Å². The van der Waals surface area contributed by atoms with E-state index in [4.69, 9.17) is 0 Å². The predicted molar refractivity (Wildman–Crippen MR) is 139 cm³/mol. The Labute approximate surface area is 202 Å². The summed E-state index contributed by atoms with van der Waals surface area (Å²) in [5.74, 6) is 5.47. The fourth-order valence-corrected chi connectivity index (χ4v) is 10.1. The first kappa shape index (κ1) is 21.9. The van der Waals surface area contributed by atoms with Crippen molar-refractivity contribution in [3.63, 3.8) is 0 Å². The molecule has 4 aliphatic rings. The van der Waals surface area contributed by atoms with Crippen LogP contribution in [0.3, 0.4) is 0 Å². The highest BCUT2D eigenvalue weighted by Crippen LogP contribution is 2.71. The van der Waals surface area contributed by atoms with Crippen LogP contribution in [0, 0.1) is 40.4 Å². The molecule has 176 valence electrons. The summed E-state index contributed by atoms with van der Waals surface area (Å²) in [6, 6.07) is 23.1. The molecule has 33 heavy (non-hydrogen) atoms. The molecular formula is C33H44. The molecule has 8 atom stereocenters. The molecule has 0 saturated heterocycles. The monoisotopic (exact) mass is 440 g/mol. The Morgan fingerprint density at radius 3 is 2.30 bits per heavy atom. The van der Waals surface area contributed by atoms with Gasteiger partial charge in [-0.05, 0) is 115 Å². The lowest BCUT2D eigenvalue weighted by molar-refractivity contribution is -0.123. The van der Waals surface area contributed by atoms with Gasteiger partial charge in [-0.25, -0.2) is 0 Å². The van der Waals surface area contributed by atoms with Gasteiger partial charge in [-0.3, -0.25) is 0 Å². The van der Waals surface area contributed by atoms with Crippen LogP contribution in [0.1, 0.15) is 95.1 Å². The van der Waals surface area contributed by atoms with Crippen LogP contribution in [0.25, 0.3) is 0 Å². The van der Waals surface area contributed by atoms with Crippen LogP contribution in [0.5, 0.6) is 0 Å². The van der Waals surface area contributed by atoms with Gasteiger partial charge in [-0.1, -0.05) is 87.4 Å². The molecule has 2 aromatic carbocycles. The van der Waals surface area contributed by atoms with Crippen molar-refractivity contribution in [2.45, 2.75) is 90.4 Å². The van der Waals surface area contributed by atoms with Crippen molar-refractivity contribution in [2.24, 2.45) is 40.4 Å². The molecule has 1 unspecified atom stereocenters. The van der Waals surface area contributed by atoms with Crippen LogP contribution in [0.15, 0.2) is 60.7 Å². The lowest BCUT2D eigenvalue weighted by Crippen LogP contribution is -2.55. The van der Waals surface area contributed by atoms with Gasteiger partial charge >= 0.3 is 0 Å². The van der Waals surface area contributed by atoms with Crippen LogP contribution in [0.4, 0.5) is 0 Å². The molecule has 4 aliphatic carbocycles. The summed E-state index contributed by atoms with van der Waals surface area (Å²) < 4.78 is 0. The van der Waals surface area contributed by atoms with Crippen molar-refractivity contribution in [1.29, 1.82) is 0 Å². The van der Waals surface area contributed by atoms with E-state index >= 15 is 0 Å². The molecule has 0 heteroatoms. The zero-order valence-electron chi connectivity index (χ0n) is 21.0. The third kappa shape index (κ3) is 3.62. The molecule has 0 aliphatic heterocycles.